The third kappa shape index (κ3) is 2.39. The Kier molecular flexibility index (Phi) is 3.32. The van der Waals surface area contributed by atoms with Crippen molar-refractivity contribution in [3.8, 4) is 0 Å². The molecule has 0 saturated carbocycles. The van der Waals surface area contributed by atoms with Crippen LogP contribution >= 0.6 is 0 Å². The maximum atomic E-state index is 10.8. The van der Waals surface area contributed by atoms with Crippen LogP contribution in [-0.4, -0.2) is 12.8 Å². The molecule has 1 heterocycles. The second kappa shape index (κ2) is 5.27. The normalized spacial score (nSPS) is 17.3. The molecule has 0 radical (unpaired) electrons. The largest absolute Gasteiger partial charge is 0.366 e. The molecule has 2 heteroatoms. The van der Waals surface area contributed by atoms with E-state index in [1.165, 1.54) is 16.8 Å². The zero-order valence-corrected chi connectivity index (χ0v) is 10.8. The molecule has 0 bridgehead atoms. The maximum Gasteiger partial charge on any atom is 0.120 e. The number of hydrogen-bond acceptors (Lipinski definition) is 2. The van der Waals surface area contributed by atoms with Crippen molar-refractivity contribution in [2.45, 2.75) is 18.9 Å². The van der Waals surface area contributed by atoms with E-state index < -0.39 is 0 Å². The lowest BCUT2D eigenvalue weighted by Crippen LogP contribution is -2.21. The minimum atomic E-state index is 0.345. The van der Waals surface area contributed by atoms with Gasteiger partial charge in [-0.05, 0) is 17.2 Å². The number of carbonyl (C=O) groups is 1. The Labute approximate surface area is 113 Å². The number of carbonyl (C=O) groups excluding carboxylic acids is 1. The first-order valence-electron chi connectivity index (χ1n) is 6.70. The number of aldehydes is 1. The third-order valence-electron chi connectivity index (χ3n) is 3.76. The number of fused-ring (bicyclic) bond motifs is 1. The molecule has 0 fully saturated rings. The molecule has 96 valence electrons. The fourth-order valence-corrected chi connectivity index (χ4v) is 2.85. The second-order valence-electron chi connectivity index (χ2n) is 5.02. The molecule has 0 amide bonds. The lowest BCUT2D eigenvalue weighted by Gasteiger charge is -2.19. The molecule has 19 heavy (non-hydrogen) atoms. The maximum absolute atomic E-state index is 10.8. The SMILES string of the molecule is O=CCC1CN(Cc2ccccc2)c2ccccc21. The fourth-order valence-electron chi connectivity index (χ4n) is 2.85. The number of para-hydroxylation sites is 1. The minimum absolute atomic E-state index is 0.345. The topological polar surface area (TPSA) is 20.3 Å². The van der Waals surface area contributed by atoms with Crippen molar-refractivity contribution >= 4 is 12.0 Å². The number of benzene rings is 2. The van der Waals surface area contributed by atoms with Gasteiger partial charge >= 0.3 is 0 Å². The molecule has 3 rings (SSSR count). The summed E-state index contributed by atoms with van der Waals surface area (Å²) in [6, 6.07) is 18.9. The van der Waals surface area contributed by atoms with E-state index in [-0.39, 0.29) is 0 Å². The Balaban J connectivity index is 1.86. The number of anilines is 1. The highest BCUT2D eigenvalue weighted by molar-refractivity contribution is 5.63. The van der Waals surface area contributed by atoms with Crippen molar-refractivity contribution in [3.63, 3.8) is 0 Å². The number of rotatable bonds is 4. The van der Waals surface area contributed by atoms with Crippen LogP contribution in [0, 0.1) is 0 Å². The monoisotopic (exact) mass is 251 g/mol. The zero-order chi connectivity index (χ0) is 13.1. The first kappa shape index (κ1) is 12.0. The van der Waals surface area contributed by atoms with Crippen LogP contribution in [0.2, 0.25) is 0 Å². The average Bonchev–Trinajstić information content (AvgIpc) is 2.79. The van der Waals surface area contributed by atoms with E-state index in [1.807, 2.05) is 6.07 Å². The molecular weight excluding hydrogens is 234 g/mol. The summed E-state index contributed by atoms with van der Waals surface area (Å²) in [5.74, 6) is 0.345. The predicted octanol–water partition coefficient (Wildman–Crippen LogP) is 3.38. The van der Waals surface area contributed by atoms with E-state index in [0.717, 1.165) is 19.4 Å². The number of nitrogens with zero attached hydrogens (tertiary/aromatic N) is 1. The molecule has 0 saturated heterocycles. The van der Waals surface area contributed by atoms with Gasteiger partial charge in [-0.25, -0.2) is 0 Å². The molecule has 2 aromatic carbocycles. The average molecular weight is 251 g/mol. The van der Waals surface area contributed by atoms with Crippen LogP contribution in [0.25, 0.3) is 0 Å². The van der Waals surface area contributed by atoms with Crippen molar-refractivity contribution in [2.75, 3.05) is 11.4 Å². The smallest absolute Gasteiger partial charge is 0.120 e. The Bertz CT molecular complexity index is 564. The van der Waals surface area contributed by atoms with Gasteiger partial charge in [-0.1, -0.05) is 48.5 Å². The molecule has 1 atom stereocenters. The van der Waals surface area contributed by atoms with Gasteiger partial charge in [-0.3, -0.25) is 0 Å². The highest BCUT2D eigenvalue weighted by Crippen LogP contribution is 2.38. The van der Waals surface area contributed by atoms with Crippen LogP contribution in [0.3, 0.4) is 0 Å². The highest BCUT2D eigenvalue weighted by Gasteiger charge is 2.27. The molecule has 0 spiro atoms. The Morgan fingerprint density at radius 3 is 2.58 bits per heavy atom. The van der Waals surface area contributed by atoms with Crippen molar-refractivity contribution in [1.82, 2.24) is 0 Å². The molecule has 0 N–H and O–H groups in total. The van der Waals surface area contributed by atoms with Gasteiger partial charge in [0.2, 0.25) is 0 Å². The molecule has 2 aromatic rings. The molecule has 0 aliphatic carbocycles. The van der Waals surface area contributed by atoms with Crippen LogP contribution in [0.15, 0.2) is 54.6 Å². The first-order chi connectivity index (χ1) is 9.38. The van der Waals surface area contributed by atoms with Crippen LogP contribution in [0.4, 0.5) is 5.69 Å². The highest BCUT2D eigenvalue weighted by atomic mass is 16.1. The lowest BCUT2D eigenvalue weighted by molar-refractivity contribution is -0.108. The van der Waals surface area contributed by atoms with Gasteiger partial charge in [0.1, 0.15) is 6.29 Å². The van der Waals surface area contributed by atoms with Crippen molar-refractivity contribution in [1.29, 1.82) is 0 Å². The van der Waals surface area contributed by atoms with E-state index in [9.17, 15) is 4.79 Å². The van der Waals surface area contributed by atoms with E-state index in [4.69, 9.17) is 0 Å². The van der Waals surface area contributed by atoms with Crippen molar-refractivity contribution in [2.24, 2.45) is 0 Å². The van der Waals surface area contributed by atoms with Crippen molar-refractivity contribution < 1.29 is 4.79 Å². The molecule has 1 unspecified atom stereocenters. The zero-order valence-electron chi connectivity index (χ0n) is 10.8. The van der Waals surface area contributed by atoms with E-state index >= 15 is 0 Å². The van der Waals surface area contributed by atoms with E-state index in [1.54, 1.807) is 0 Å². The van der Waals surface area contributed by atoms with Crippen LogP contribution in [-0.2, 0) is 11.3 Å². The van der Waals surface area contributed by atoms with Gasteiger partial charge in [0.05, 0.1) is 0 Å². The van der Waals surface area contributed by atoms with Crippen molar-refractivity contribution in [3.05, 3.63) is 65.7 Å². The summed E-state index contributed by atoms with van der Waals surface area (Å²) < 4.78 is 0. The lowest BCUT2D eigenvalue weighted by atomic mass is 9.99. The third-order valence-corrected chi connectivity index (χ3v) is 3.76. The quantitative estimate of drug-likeness (QED) is 0.776. The summed E-state index contributed by atoms with van der Waals surface area (Å²) in [7, 11) is 0. The van der Waals surface area contributed by atoms with Gasteiger partial charge in [-0.15, -0.1) is 0 Å². The standard InChI is InChI=1S/C17H17NO/c19-11-10-15-13-18(12-14-6-2-1-3-7-14)17-9-5-4-8-16(15)17/h1-9,11,15H,10,12-13H2. The summed E-state index contributed by atoms with van der Waals surface area (Å²) in [5.41, 5.74) is 3.90. The van der Waals surface area contributed by atoms with Crippen LogP contribution in [0.5, 0.6) is 0 Å². The number of hydrogen-bond donors (Lipinski definition) is 0. The van der Waals surface area contributed by atoms with Crippen LogP contribution < -0.4 is 4.90 Å². The summed E-state index contributed by atoms with van der Waals surface area (Å²) in [4.78, 5) is 13.2. The second-order valence-corrected chi connectivity index (χ2v) is 5.02. The van der Waals surface area contributed by atoms with E-state index in [2.05, 4.69) is 53.4 Å². The fraction of sp³-hybridized carbons (Fsp3) is 0.235. The summed E-state index contributed by atoms with van der Waals surface area (Å²) in [5, 5.41) is 0. The van der Waals surface area contributed by atoms with Gasteiger partial charge < -0.3 is 9.69 Å². The first-order valence-corrected chi connectivity index (χ1v) is 6.70. The van der Waals surface area contributed by atoms with E-state index in [0.29, 0.717) is 12.3 Å². The summed E-state index contributed by atoms with van der Waals surface area (Å²) in [6.45, 7) is 1.85. The van der Waals surface area contributed by atoms with Gasteiger partial charge in [0.25, 0.3) is 0 Å². The Morgan fingerprint density at radius 1 is 1.05 bits per heavy atom. The van der Waals surface area contributed by atoms with Gasteiger partial charge in [0, 0.05) is 31.1 Å². The molecule has 0 aromatic heterocycles. The molecule has 2 nitrogen and oxygen atoms in total. The van der Waals surface area contributed by atoms with Gasteiger partial charge in [-0.2, -0.15) is 0 Å². The van der Waals surface area contributed by atoms with Crippen LogP contribution in [0.1, 0.15) is 23.5 Å². The molecular formula is C17H17NO. The molecule has 1 aliphatic heterocycles. The summed E-state index contributed by atoms with van der Waals surface area (Å²) in [6.07, 6.45) is 1.65. The molecule has 1 aliphatic rings. The Morgan fingerprint density at radius 2 is 1.79 bits per heavy atom. The van der Waals surface area contributed by atoms with Gasteiger partial charge in [0.15, 0.2) is 0 Å². The predicted molar refractivity (Wildman–Crippen MR) is 77.4 cm³/mol. The minimum Gasteiger partial charge on any atom is -0.366 e. The summed E-state index contributed by atoms with van der Waals surface area (Å²) >= 11 is 0. The Hall–Kier alpha value is -2.09.